The normalized spacial score (nSPS) is 26.1. The van der Waals surface area contributed by atoms with Gasteiger partial charge in [0, 0.05) is 18.7 Å². The van der Waals surface area contributed by atoms with Crippen LogP contribution < -0.4 is 10.1 Å². The summed E-state index contributed by atoms with van der Waals surface area (Å²) in [6.45, 7) is 4.00. The van der Waals surface area contributed by atoms with E-state index in [1.165, 1.54) is 6.92 Å². The van der Waals surface area contributed by atoms with Gasteiger partial charge in [-0.1, -0.05) is 13.0 Å². The zero-order valence-electron chi connectivity index (χ0n) is 12.2. The standard InChI is InChI=1S/C16H23NO3/c1-12-6-8-16(19,9-7-12)11-20-15-5-3-4-14(10-15)17-13(2)18/h3-5,10,12,19H,6-9,11H2,1-2H3,(H,17,18). The highest BCUT2D eigenvalue weighted by Crippen LogP contribution is 2.32. The molecular weight excluding hydrogens is 254 g/mol. The zero-order valence-corrected chi connectivity index (χ0v) is 12.2. The quantitative estimate of drug-likeness (QED) is 0.889. The van der Waals surface area contributed by atoms with Crippen LogP contribution in [0.3, 0.4) is 0 Å². The zero-order chi connectivity index (χ0) is 14.6. The fourth-order valence-corrected chi connectivity index (χ4v) is 2.53. The van der Waals surface area contributed by atoms with Gasteiger partial charge in [0.1, 0.15) is 12.4 Å². The maximum absolute atomic E-state index is 11.0. The Bertz CT molecular complexity index is 465. The summed E-state index contributed by atoms with van der Waals surface area (Å²) in [5.74, 6) is 1.25. The summed E-state index contributed by atoms with van der Waals surface area (Å²) >= 11 is 0. The van der Waals surface area contributed by atoms with Crippen molar-refractivity contribution in [1.29, 1.82) is 0 Å². The second kappa shape index (κ2) is 6.27. The van der Waals surface area contributed by atoms with Crippen LogP contribution in [0.5, 0.6) is 5.75 Å². The molecule has 0 unspecified atom stereocenters. The SMILES string of the molecule is CC(=O)Nc1cccc(OCC2(O)CCC(C)CC2)c1. The van der Waals surface area contributed by atoms with Crippen molar-refractivity contribution in [1.82, 2.24) is 0 Å². The van der Waals surface area contributed by atoms with Crippen LogP contribution in [0.1, 0.15) is 39.5 Å². The first-order valence-corrected chi connectivity index (χ1v) is 7.20. The number of hydrogen-bond donors (Lipinski definition) is 2. The lowest BCUT2D eigenvalue weighted by Crippen LogP contribution is -2.39. The average molecular weight is 277 g/mol. The summed E-state index contributed by atoms with van der Waals surface area (Å²) in [4.78, 5) is 11.0. The predicted molar refractivity (Wildman–Crippen MR) is 78.8 cm³/mol. The largest absolute Gasteiger partial charge is 0.491 e. The number of amides is 1. The number of rotatable bonds is 4. The number of nitrogens with one attached hydrogen (secondary N) is 1. The molecule has 2 N–H and O–H groups in total. The van der Waals surface area contributed by atoms with Crippen molar-refractivity contribution in [2.24, 2.45) is 5.92 Å². The summed E-state index contributed by atoms with van der Waals surface area (Å²) in [6, 6.07) is 7.25. The smallest absolute Gasteiger partial charge is 0.221 e. The molecule has 1 aliphatic rings. The number of carbonyl (C=O) groups is 1. The summed E-state index contributed by atoms with van der Waals surface area (Å²) < 4.78 is 5.70. The molecule has 0 saturated heterocycles. The molecule has 0 heterocycles. The molecule has 1 fully saturated rings. The van der Waals surface area contributed by atoms with Gasteiger partial charge in [-0.25, -0.2) is 0 Å². The van der Waals surface area contributed by atoms with Crippen LogP contribution in [0, 0.1) is 5.92 Å². The molecule has 0 radical (unpaired) electrons. The van der Waals surface area contributed by atoms with E-state index in [0.29, 0.717) is 24.0 Å². The molecule has 0 spiro atoms. The Morgan fingerprint density at radius 1 is 1.45 bits per heavy atom. The van der Waals surface area contributed by atoms with E-state index in [2.05, 4.69) is 12.2 Å². The van der Waals surface area contributed by atoms with Crippen molar-refractivity contribution in [3.05, 3.63) is 24.3 Å². The van der Waals surface area contributed by atoms with Crippen molar-refractivity contribution in [2.75, 3.05) is 11.9 Å². The lowest BCUT2D eigenvalue weighted by atomic mass is 9.80. The van der Waals surface area contributed by atoms with Gasteiger partial charge in [-0.3, -0.25) is 4.79 Å². The van der Waals surface area contributed by atoms with Crippen LogP contribution in [0.4, 0.5) is 5.69 Å². The molecule has 0 aromatic heterocycles. The monoisotopic (exact) mass is 277 g/mol. The highest BCUT2D eigenvalue weighted by Gasteiger charge is 2.32. The lowest BCUT2D eigenvalue weighted by Gasteiger charge is -2.34. The van der Waals surface area contributed by atoms with Gasteiger partial charge in [-0.05, 0) is 43.7 Å². The highest BCUT2D eigenvalue weighted by atomic mass is 16.5. The van der Waals surface area contributed by atoms with E-state index in [-0.39, 0.29) is 5.91 Å². The minimum Gasteiger partial charge on any atom is -0.491 e. The number of aliphatic hydroxyl groups is 1. The summed E-state index contributed by atoms with van der Waals surface area (Å²) in [5, 5.41) is 13.2. The van der Waals surface area contributed by atoms with Crippen LogP contribution >= 0.6 is 0 Å². The van der Waals surface area contributed by atoms with E-state index in [9.17, 15) is 9.90 Å². The number of hydrogen-bond acceptors (Lipinski definition) is 3. The molecule has 20 heavy (non-hydrogen) atoms. The van der Waals surface area contributed by atoms with E-state index >= 15 is 0 Å². The van der Waals surface area contributed by atoms with Crippen LogP contribution in [0.2, 0.25) is 0 Å². The lowest BCUT2D eigenvalue weighted by molar-refractivity contribution is -0.114. The molecular formula is C16H23NO3. The first kappa shape index (κ1) is 14.9. The molecule has 0 bridgehead atoms. The van der Waals surface area contributed by atoms with Crippen LogP contribution in [0.15, 0.2) is 24.3 Å². The number of carbonyl (C=O) groups excluding carboxylic acids is 1. The van der Waals surface area contributed by atoms with Crippen molar-refractivity contribution >= 4 is 11.6 Å². The third kappa shape index (κ3) is 4.23. The van der Waals surface area contributed by atoms with Gasteiger partial charge in [0.25, 0.3) is 0 Å². The molecule has 0 aliphatic heterocycles. The van der Waals surface area contributed by atoms with E-state index < -0.39 is 5.60 Å². The first-order valence-electron chi connectivity index (χ1n) is 7.20. The molecule has 1 saturated carbocycles. The Morgan fingerprint density at radius 2 is 2.15 bits per heavy atom. The highest BCUT2D eigenvalue weighted by molar-refractivity contribution is 5.88. The molecule has 1 amide bonds. The molecule has 4 heteroatoms. The Hall–Kier alpha value is -1.55. The Balaban J connectivity index is 1.92. The number of benzene rings is 1. The van der Waals surface area contributed by atoms with Gasteiger partial charge in [-0.15, -0.1) is 0 Å². The fraction of sp³-hybridized carbons (Fsp3) is 0.562. The molecule has 2 rings (SSSR count). The second-order valence-corrected chi connectivity index (χ2v) is 5.90. The van der Waals surface area contributed by atoms with Crippen molar-refractivity contribution in [2.45, 2.75) is 45.1 Å². The van der Waals surface area contributed by atoms with Crippen molar-refractivity contribution in [3.63, 3.8) is 0 Å². The summed E-state index contributed by atoms with van der Waals surface area (Å²) in [7, 11) is 0. The molecule has 0 atom stereocenters. The Morgan fingerprint density at radius 3 is 2.80 bits per heavy atom. The van der Waals surface area contributed by atoms with Gasteiger partial charge >= 0.3 is 0 Å². The first-order chi connectivity index (χ1) is 9.47. The number of anilines is 1. The van der Waals surface area contributed by atoms with E-state index in [4.69, 9.17) is 4.74 Å². The van der Waals surface area contributed by atoms with E-state index in [0.717, 1.165) is 25.7 Å². The number of ether oxygens (including phenoxy) is 1. The topological polar surface area (TPSA) is 58.6 Å². The van der Waals surface area contributed by atoms with E-state index in [1.807, 2.05) is 18.2 Å². The summed E-state index contributed by atoms with van der Waals surface area (Å²) in [6.07, 6.45) is 3.68. The van der Waals surface area contributed by atoms with Crippen LogP contribution in [-0.4, -0.2) is 23.2 Å². The maximum Gasteiger partial charge on any atom is 0.221 e. The van der Waals surface area contributed by atoms with E-state index in [1.54, 1.807) is 6.07 Å². The van der Waals surface area contributed by atoms with Gasteiger partial charge in [0.2, 0.25) is 5.91 Å². The van der Waals surface area contributed by atoms with Crippen molar-refractivity contribution in [3.8, 4) is 5.75 Å². The predicted octanol–water partition coefficient (Wildman–Crippen LogP) is 2.97. The Kier molecular flexibility index (Phi) is 4.65. The average Bonchev–Trinajstić information content (AvgIpc) is 2.40. The summed E-state index contributed by atoms with van der Waals surface area (Å²) in [5.41, 5.74) is -0.00414. The molecule has 1 aliphatic carbocycles. The molecule has 110 valence electrons. The van der Waals surface area contributed by atoms with Gasteiger partial charge in [0.05, 0.1) is 5.60 Å². The van der Waals surface area contributed by atoms with Gasteiger partial charge in [-0.2, -0.15) is 0 Å². The molecule has 4 nitrogen and oxygen atoms in total. The molecule has 1 aromatic rings. The minimum absolute atomic E-state index is 0.109. The van der Waals surface area contributed by atoms with Crippen molar-refractivity contribution < 1.29 is 14.6 Å². The van der Waals surface area contributed by atoms with Gasteiger partial charge < -0.3 is 15.2 Å². The van der Waals surface area contributed by atoms with Crippen LogP contribution in [0.25, 0.3) is 0 Å². The third-order valence-corrected chi connectivity index (χ3v) is 3.87. The second-order valence-electron chi connectivity index (χ2n) is 5.90. The third-order valence-electron chi connectivity index (χ3n) is 3.87. The van der Waals surface area contributed by atoms with Crippen LogP contribution in [-0.2, 0) is 4.79 Å². The minimum atomic E-state index is -0.712. The fourth-order valence-electron chi connectivity index (χ4n) is 2.53. The van der Waals surface area contributed by atoms with Gasteiger partial charge in [0.15, 0.2) is 0 Å². The maximum atomic E-state index is 11.0. The molecule has 1 aromatic carbocycles. The Labute approximate surface area is 120 Å².